The Morgan fingerprint density at radius 2 is 1.06 bits per heavy atom. The van der Waals surface area contributed by atoms with Crippen LogP contribution in [0.15, 0.2) is 120 Å². The van der Waals surface area contributed by atoms with Gasteiger partial charge < -0.3 is 36.9 Å². The van der Waals surface area contributed by atoms with Gasteiger partial charge in [-0.1, -0.05) is 127 Å². The zero-order chi connectivity index (χ0) is 58.4. The van der Waals surface area contributed by atoms with Crippen LogP contribution in [-0.4, -0.2) is 63.7 Å². The summed E-state index contributed by atoms with van der Waals surface area (Å²) in [6.07, 6.45) is 25.1. The number of carbonyl (C=O) groups excluding carboxylic acids is 6. The Labute approximate surface area is 483 Å². The number of hydrogen-bond donors (Lipinski definition) is 5. The average Bonchev–Trinajstić information content (AvgIpc) is 3.70. The molecule has 2 saturated carbocycles. The van der Waals surface area contributed by atoms with E-state index in [-0.39, 0.29) is 30.6 Å². The second kappa shape index (κ2) is 31.3. The third-order valence-corrected chi connectivity index (χ3v) is 15.7. The minimum Gasteiger partial charge on any atom is -0.463 e. The van der Waals surface area contributed by atoms with Gasteiger partial charge in [-0.25, -0.2) is 9.59 Å². The van der Waals surface area contributed by atoms with Gasteiger partial charge in [-0.15, -0.1) is 0 Å². The fourth-order valence-electron chi connectivity index (χ4n) is 11.6. The van der Waals surface area contributed by atoms with Crippen LogP contribution in [0.5, 0.6) is 0 Å². The number of benzene rings is 2. The molecule has 2 aromatic carbocycles. The molecule has 4 amide bonds. The molecule has 16 heteroatoms. The standard InChI is InChI=1S/C33H42N4O4.C33H40N4O4/c2*1-3-9-26-29(31(34)38)28(24-14-16-25(17-15-24)32(39)36-21-23-12-8-19-35-20-23)30(33(40)41-4-2)27(37-26)18-13-22-10-6-5-7-11-22/h8,12,14-17,19-20,22,28,37H,3-7,9-11,13,18,21H2,1-2H3,(H2,34,38)(H,36,39);8,12,14-17,19-20,22H,3-7,9-11,13,18,21H2,1-2H3,(H2,34,38)(H,36,39). The van der Waals surface area contributed by atoms with E-state index in [2.05, 4.69) is 25.9 Å². The topological polar surface area (TPSA) is 248 Å². The summed E-state index contributed by atoms with van der Waals surface area (Å²) >= 11 is 0. The molecule has 3 aromatic heterocycles. The van der Waals surface area contributed by atoms with Gasteiger partial charge in [0.25, 0.3) is 17.7 Å². The third kappa shape index (κ3) is 16.6. The molecular weight excluding hydrogens is 1030 g/mol. The molecule has 434 valence electrons. The molecule has 82 heavy (non-hydrogen) atoms. The van der Waals surface area contributed by atoms with E-state index in [9.17, 15) is 28.8 Å². The zero-order valence-electron chi connectivity index (χ0n) is 48.3. The number of aryl methyl sites for hydroxylation is 2. The van der Waals surface area contributed by atoms with Crippen molar-refractivity contribution < 1.29 is 38.2 Å². The maximum absolute atomic E-state index is 13.5. The van der Waals surface area contributed by atoms with Crippen LogP contribution in [0.25, 0.3) is 11.1 Å². The van der Waals surface area contributed by atoms with Gasteiger partial charge in [0.15, 0.2) is 0 Å². The Kier molecular flexibility index (Phi) is 23.5. The number of allylic oxidation sites excluding steroid dienone is 2. The number of ether oxygens (including phenoxy) is 2. The number of pyridine rings is 3. The molecule has 1 atom stereocenters. The smallest absolute Gasteiger partial charge is 0.340 e. The van der Waals surface area contributed by atoms with Crippen molar-refractivity contribution in [1.82, 2.24) is 30.9 Å². The van der Waals surface area contributed by atoms with E-state index >= 15 is 0 Å². The second-order valence-electron chi connectivity index (χ2n) is 21.5. The number of esters is 2. The molecule has 1 unspecified atom stereocenters. The largest absolute Gasteiger partial charge is 0.463 e. The van der Waals surface area contributed by atoms with Crippen LogP contribution in [0, 0.1) is 11.8 Å². The quantitative estimate of drug-likeness (QED) is 0.0362. The van der Waals surface area contributed by atoms with Crippen LogP contribution in [0.2, 0.25) is 0 Å². The van der Waals surface area contributed by atoms with Crippen LogP contribution in [-0.2, 0) is 45.0 Å². The summed E-state index contributed by atoms with van der Waals surface area (Å²) < 4.78 is 11.0. The van der Waals surface area contributed by atoms with E-state index < -0.39 is 29.7 Å². The zero-order valence-corrected chi connectivity index (χ0v) is 48.3. The van der Waals surface area contributed by atoms with Crippen molar-refractivity contribution in [3.63, 3.8) is 0 Å². The molecule has 2 fully saturated rings. The summed E-state index contributed by atoms with van der Waals surface area (Å²) in [6.45, 7) is 8.72. The summed E-state index contributed by atoms with van der Waals surface area (Å²) in [5, 5.41) is 9.27. The Balaban J connectivity index is 0.000000236. The van der Waals surface area contributed by atoms with Gasteiger partial charge in [-0.3, -0.25) is 34.1 Å². The second-order valence-corrected chi connectivity index (χ2v) is 21.5. The lowest BCUT2D eigenvalue weighted by Crippen LogP contribution is -2.36. The van der Waals surface area contributed by atoms with Crippen LogP contribution in [0.3, 0.4) is 0 Å². The van der Waals surface area contributed by atoms with E-state index in [4.69, 9.17) is 25.9 Å². The number of hydrogen-bond acceptors (Lipinski definition) is 12. The van der Waals surface area contributed by atoms with Gasteiger partial charge in [0, 0.05) is 71.5 Å². The first kappa shape index (κ1) is 61.6. The molecule has 1 aliphatic heterocycles. The summed E-state index contributed by atoms with van der Waals surface area (Å²) in [5.41, 5.74) is 20.6. The highest BCUT2D eigenvalue weighted by Crippen LogP contribution is 2.42. The van der Waals surface area contributed by atoms with Crippen LogP contribution in [0.1, 0.15) is 206 Å². The number of nitrogens with one attached hydrogen (secondary N) is 3. The Morgan fingerprint density at radius 3 is 1.55 bits per heavy atom. The summed E-state index contributed by atoms with van der Waals surface area (Å²) in [7, 11) is 0. The van der Waals surface area contributed by atoms with Gasteiger partial charge in [0.05, 0.1) is 47.2 Å². The van der Waals surface area contributed by atoms with Crippen molar-refractivity contribution in [1.29, 1.82) is 0 Å². The maximum Gasteiger partial charge on any atom is 0.340 e. The lowest BCUT2D eigenvalue weighted by molar-refractivity contribution is -0.138. The molecule has 16 nitrogen and oxygen atoms in total. The number of carbonyl (C=O) groups is 6. The number of rotatable bonds is 24. The fourth-order valence-corrected chi connectivity index (χ4v) is 11.6. The van der Waals surface area contributed by atoms with E-state index in [1.54, 1.807) is 87.2 Å². The van der Waals surface area contributed by atoms with Crippen molar-refractivity contribution in [3.8, 4) is 11.1 Å². The Bertz CT molecular complexity index is 3040. The lowest BCUT2D eigenvalue weighted by atomic mass is 9.77. The molecule has 0 radical (unpaired) electrons. The number of aromatic nitrogens is 3. The van der Waals surface area contributed by atoms with Crippen molar-refractivity contribution >= 4 is 35.6 Å². The molecule has 0 bridgehead atoms. The van der Waals surface area contributed by atoms with Crippen molar-refractivity contribution in [3.05, 3.63) is 170 Å². The monoisotopic (exact) mass is 1110 g/mol. The average molecular weight is 1120 g/mol. The summed E-state index contributed by atoms with van der Waals surface area (Å²) in [6, 6.07) is 21.4. The van der Waals surface area contributed by atoms with E-state index in [0.29, 0.717) is 101 Å². The molecule has 0 saturated heterocycles. The van der Waals surface area contributed by atoms with E-state index in [1.165, 1.54) is 64.2 Å². The Hall–Kier alpha value is -8.01. The van der Waals surface area contributed by atoms with E-state index in [0.717, 1.165) is 53.8 Å². The molecule has 4 heterocycles. The normalized spacial score (nSPS) is 15.6. The predicted octanol–water partition coefficient (Wildman–Crippen LogP) is 11.2. The van der Waals surface area contributed by atoms with Crippen molar-refractivity contribution in [2.75, 3.05) is 13.2 Å². The first-order valence-corrected chi connectivity index (χ1v) is 29.6. The van der Waals surface area contributed by atoms with E-state index in [1.807, 2.05) is 38.1 Å². The van der Waals surface area contributed by atoms with Crippen LogP contribution in [0.4, 0.5) is 0 Å². The van der Waals surface area contributed by atoms with Gasteiger partial charge in [0.2, 0.25) is 5.91 Å². The summed E-state index contributed by atoms with van der Waals surface area (Å²) in [5.74, 6) is -2.10. The summed E-state index contributed by atoms with van der Waals surface area (Å²) in [4.78, 5) is 91.5. The highest BCUT2D eigenvalue weighted by atomic mass is 16.5. The maximum atomic E-state index is 13.5. The first-order chi connectivity index (χ1) is 39.8. The molecular formula is C66H82N8O8. The minimum atomic E-state index is -0.678. The number of primary amides is 2. The van der Waals surface area contributed by atoms with Crippen LogP contribution < -0.4 is 27.4 Å². The molecule has 0 spiro atoms. The van der Waals surface area contributed by atoms with Crippen LogP contribution >= 0.6 is 0 Å². The highest BCUT2D eigenvalue weighted by molar-refractivity contribution is 6.09. The lowest BCUT2D eigenvalue weighted by Gasteiger charge is -2.33. The first-order valence-electron chi connectivity index (χ1n) is 29.6. The predicted molar refractivity (Wildman–Crippen MR) is 317 cm³/mol. The number of amides is 4. The fraction of sp³-hybridized carbons (Fsp3) is 0.439. The SMILES string of the molecule is CCCC1=C(C(N)=O)C(c2ccc(C(=O)NCc3cccnc3)cc2)C(C(=O)OCC)=C(CCC2CCCCC2)N1.CCCc1nc(CCC2CCCCC2)c(C(=O)OCC)c(-c2ccc(C(=O)NCc3cccnc3)cc2)c1C(N)=O. The van der Waals surface area contributed by atoms with Crippen molar-refractivity contribution in [2.24, 2.45) is 23.3 Å². The van der Waals surface area contributed by atoms with Gasteiger partial charge in [-0.2, -0.15) is 0 Å². The molecule has 2 aliphatic carbocycles. The van der Waals surface area contributed by atoms with Crippen molar-refractivity contribution in [2.45, 2.75) is 162 Å². The molecule has 7 N–H and O–H groups in total. The number of nitrogens with zero attached hydrogens (tertiary/aromatic N) is 3. The minimum absolute atomic E-state index is 0.193. The molecule has 3 aliphatic rings. The molecule has 5 aromatic rings. The Morgan fingerprint density at radius 1 is 0.561 bits per heavy atom. The van der Waals surface area contributed by atoms with Gasteiger partial charge in [-0.05, 0) is 123 Å². The van der Waals surface area contributed by atoms with Gasteiger partial charge >= 0.3 is 11.9 Å². The molecule has 8 rings (SSSR count). The number of dihydropyridines is 1. The highest BCUT2D eigenvalue weighted by Gasteiger charge is 2.39. The third-order valence-electron chi connectivity index (χ3n) is 15.7. The number of nitrogens with two attached hydrogens (primary N) is 2. The van der Waals surface area contributed by atoms with Gasteiger partial charge in [0.1, 0.15) is 0 Å².